The number of hydrogen-bond acceptors (Lipinski definition) is 4. The Morgan fingerprint density at radius 2 is 1.81 bits per heavy atom. The first kappa shape index (κ1) is 21.2. The van der Waals surface area contributed by atoms with Crippen LogP contribution in [0.15, 0.2) is 29.2 Å². The molecule has 1 amide bonds. The van der Waals surface area contributed by atoms with Gasteiger partial charge in [0, 0.05) is 26.2 Å². The summed E-state index contributed by atoms with van der Waals surface area (Å²) in [4.78, 5) is 14.5. The van der Waals surface area contributed by atoms with E-state index in [0.29, 0.717) is 31.1 Å². The molecule has 1 N–H and O–H groups in total. The number of amides is 1. The van der Waals surface area contributed by atoms with Crippen molar-refractivity contribution in [3.8, 4) is 0 Å². The number of benzene rings is 1. The van der Waals surface area contributed by atoms with Crippen molar-refractivity contribution < 1.29 is 13.2 Å². The number of carbonyl (C=O) groups is 1. The molecule has 1 unspecified atom stereocenters. The topological polar surface area (TPSA) is 69.7 Å². The third-order valence-electron chi connectivity index (χ3n) is 5.01. The van der Waals surface area contributed by atoms with Crippen LogP contribution in [0.1, 0.15) is 31.7 Å². The summed E-state index contributed by atoms with van der Waals surface area (Å²) < 4.78 is 27.1. The van der Waals surface area contributed by atoms with Crippen LogP contribution in [0.2, 0.25) is 0 Å². The van der Waals surface area contributed by atoms with Gasteiger partial charge < -0.3 is 10.2 Å². The third kappa shape index (κ3) is 4.57. The first-order valence-corrected chi connectivity index (χ1v) is 10.6. The van der Waals surface area contributed by atoms with Gasteiger partial charge in [0.2, 0.25) is 15.9 Å². The molecule has 8 heteroatoms. The van der Waals surface area contributed by atoms with E-state index in [4.69, 9.17) is 0 Å². The summed E-state index contributed by atoms with van der Waals surface area (Å²) in [7, 11) is -3.48. The van der Waals surface area contributed by atoms with Crippen LogP contribution in [0, 0.1) is 0 Å². The second-order valence-corrected chi connectivity index (χ2v) is 8.71. The summed E-state index contributed by atoms with van der Waals surface area (Å²) in [6.07, 6.45) is 3.90. The van der Waals surface area contributed by atoms with Crippen molar-refractivity contribution in [3.63, 3.8) is 0 Å². The number of aryl methyl sites for hydroxylation is 1. The highest BCUT2D eigenvalue weighted by Crippen LogP contribution is 2.19. The van der Waals surface area contributed by atoms with Gasteiger partial charge in [-0.1, -0.05) is 25.5 Å². The van der Waals surface area contributed by atoms with E-state index in [-0.39, 0.29) is 24.4 Å². The van der Waals surface area contributed by atoms with Gasteiger partial charge in [-0.3, -0.25) is 4.79 Å². The minimum atomic E-state index is -3.48. The molecular formula is C18H28ClN3O3S. The molecule has 1 aromatic carbocycles. The Hall–Kier alpha value is -1.15. The molecule has 2 aliphatic rings. The SMILES string of the molecule is CCCc1ccc(S(=O)(=O)N2CCN(C(=O)C3CCCN3)CC2)cc1.Cl. The van der Waals surface area contributed by atoms with Crippen LogP contribution in [-0.4, -0.2) is 62.3 Å². The van der Waals surface area contributed by atoms with Crippen molar-refractivity contribution in [1.29, 1.82) is 0 Å². The fourth-order valence-electron chi connectivity index (χ4n) is 3.53. The molecule has 2 fully saturated rings. The number of hydrogen-bond donors (Lipinski definition) is 1. The van der Waals surface area contributed by atoms with E-state index in [1.54, 1.807) is 17.0 Å². The van der Waals surface area contributed by atoms with Gasteiger partial charge in [-0.25, -0.2) is 8.42 Å². The van der Waals surface area contributed by atoms with Crippen LogP contribution < -0.4 is 5.32 Å². The van der Waals surface area contributed by atoms with Crippen molar-refractivity contribution in [2.24, 2.45) is 0 Å². The zero-order valence-corrected chi connectivity index (χ0v) is 16.8. The molecular weight excluding hydrogens is 374 g/mol. The first-order valence-electron chi connectivity index (χ1n) is 9.13. The van der Waals surface area contributed by atoms with Crippen molar-refractivity contribution in [1.82, 2.24) is 14.5 Å². The van der Waals surface area contributed by atoms with Crippen LogP contribution in [0.3, 0.4) is 0 Å². The number of nitrogens with zero attached hydrogens (tertiary/aromatic N) is 2. The summed E-state index contributed by atoms with van der Waals surface area (Å²) in [6, 6.07) is 7.08. The van der Waals surface area contributed by atoms with Gasteiger partial charge in [-0.15, -0.1) is 12.4 Å². The van der Waals surface area contributed by atoms with E-state index in [1.165, 1.54) is 4.31 Å². The second kappa shape index (κ2) is 9.17. The first-order chi connectivity index (χ1) is 12.0. The van der Waals surface area contributed by atoms with Crippen LogP contribution in [-0.2, 0) is 21.2 Å². The Morgan fingerprint density at radius 3 is 2.35 bits per heavy atom. The summed E-state index contributed by atoms with van der Waals surface area (Å²) in [6.45, 7) is 4.63. The molecule has 0 saturated carbocycles. The van der Waals surface area contributed by atoms with Crippen molar-refractivity contribution in [2.75, 3.05) is 32.7 Å². The van der Waals surface area contributed by atoms with Crippen LogP contribution in [0.5, 0.6) is 0 Å². The molecule has 2 aliphatic heterocycles. The van der Waals surface area contributed by atoms with E-state index in [1.807, 2.05) is 12.1 Å². The van der Waals surface area contributed by atoms with Gasteiger partial charge >= 0.3 is 0 Å². The van der Waals surface area contributed by atoms with Gasteiger partial charge in [0.15, 0.2) is 0 Å². The number of rotatable bonds is 5. The molecule has 2 saturated heterocycles. The fourth-order valence-corrected chi connectivity index (χ4v) is 4.95. The maximum absolute atomic E-state index is 12.8. The van der Waals surface area contributed by atoms with Crippen molar-refractivity contribution >= 4 is 28.3 Å². The van der Waals surface area contributed by atoms with Gasteiger partial charge in [0.05, 0.1) is 10.9 Å². The van der Waals surface area contributed by atoms with Crippen LogP contribution >= 0.6 is 12.4 Å². The van der Waals surface area contributed by atoms with Crippen LogP contribution in [0.4, 0.5) is 0 Å². The number of halogens is 1. The Kier molecular flexibility index (Phi) is 7.46. The zero-order valence-electron chi connectivity index (χ0n) is 15.2. The molecule has 1 atom stereocenters. The molecule has 3 rings (SSSR count). The van der Waals surface area contributed by atoms with E-state index < -0.39 is 10.0 Å². The summed E-state index contributed by atoms with van der Waals surface area (Å²) in [5.74, 6) is 0.110. The summed E-state index contributed by atoms with van der Waals surface area (Å²) in [5.41, 5.74) is 1.15. The summed E-state index contributed by atoms with van der Waals surface area (Å²) >= 11 is 0. The van der Waals surface area contributed by atoms with E-state index in [2.05, 4.69) is 12.2 Å². The smallest absolute Gasteiger partial charge is 0.243 e. The Labute approximate surface area is 162 Å². The highest BCUT2D eigenvalue weighted by Gasteiger charge is 2.33. The largest absolute Gasteiger partial charge is 0.339 e. The summed E-state index contributed by atoms with van der Waals surface area (Å²) in [5, 5.41) is 3.21. The van der Waals surface area contributed by atoms with E-state index in [0.717, 1.165) is 37.8 Å². The van der Waals surface area contributed by atoms with Crippen molar-refractivity contribution in [2.45, 2.75) is 43.5 Å². The Morgan fingerprint density at radius 1 is 1.15 bits per heavy atom. The number of sulfonamides is 1. The molecule has 0 aliphatic carbocycles. The molecule has 1 aromatic rings. The number of piperazine rings is 1. The average molecular weight is 402 g/mol. The zero-order chi connectivity index (χ0) is 17.9. The highest BCUT2D eigenvalue weighted by molar-refractivity contribution is 7.89. The molecule has 2 heterocycles. The molecule has 0 radical (unpaired) electrons. The lowest BCUT2D eigenvalue weighted by Gasteiger charge is -2.35. The lowest BCUT2D eigenvalue weighted by Crippen LogP contribution is -2.54. The minimum Gasteiger partial charge on any atom is -0.339 e. The molecule has 0 bridgehead atoms. The van der Waals surface area contributed by atoms with E-state index in [9.17, 15) is 13.2 Å². The highest BCUT2D eigenvalue weighted by atomic mass is 35.5. The van der Waals surface area contributed by atoms with Crippen molar-refractivity contribution in [3.05, 3.63) is 29.8 Å². The molecule has 26 heavy (non-hydrogen) atoms. The maximum atomic E-state index is 12.8. The van der Waals surface area contributed by atoms with Crippen LogP contribution in [0.25, 0.3) is 0 Å². The number of carbonyl (C=O) groups excluding carboxylic acids is 1. The monoisotopic (exact) mass is 401 g/mol. The van der Waals surface area contributed by atoms with Gasteiger partial charge in [0.1, 0.15) is 0 Å². The normalized spacial score (nSPS) is 21.4. The second-order valence-electron chi connectivity index (χ2n) is 6.77. The van der Waals surface area contributed by atoms with E-state index >= 15 is 0 Å². The lowest BCUT2D eigenvalue weighted by molar-refractivity contribution is -0.134. The lowest BCUT2D eigenvalue weighted by atomic mass is 10.1. The Balaban J connectivity index is 0.00000243. The average Bonchev–Trinajstić information content (AvgIpc) is 3.17. The standard InChI is InChI=1S/C18H27N3O3S.ClH/c1-2-4-15-6-8-16(9-7-15)25(23,24)21-13-11-20(12-14-21)18(22)17-5-3-10-19-17;/h6-9,17,19H,2-5,10-14H2,1H3;1H. The predicted molar refractivity (Wildman–Crippen MR) is 104 cm³/mol. The predicted octanol–water partition coefficient (Wildman–Crippen LogP) is 1.65. The molecule has 6 nitrogen and oxygen atoms in total. The number of nitrogens with one attached hydrogen (secondary N) is 1. The quantitative estimate of drug-likeness (QED) is 0.814. The maximum Gasteiger partial charge on any atom is 0.243 e. The van der Waals surface area contributed by atoms with Gasteiger partial charge in [0.25, 0.3) is 0 Å². The molecule has 0 spiro atoms. The molecule has 146 valence electrons. The molecule has 0 aromatic heterocycles. The fraction of sp³-hybridized carbons (Fsp3) is 0.611. The Bertz CT molecular complexity index is 695. The van der Waals surface area contributed by atoms with Gasteiger partial charge in [-0.2, -0.15) is 4.31 Å². The van der Waals surface area contributed by atoms with Gasteiger partial charge in [-0.05, 0) is 43.5 Å². The minimum absolute atomic E-state index is 0. The third-order valence-corrected chi connectivity index (χ3v) is 6.92.